The van der Waals surface area contributed by atoms with Crippen LogP contribution in [0.4, 0.5) is 5.00 Å². The maximum atomic E-state index is 12.7. The third-order valence-electron chi connectivity index (χ3n) is 4.64. The highest BCUT2D eigenvalue weighted by Gasteiger charge is 2.29. The van der Waals surface area contributed by atoms with E-state index in [0.29, 0.717) is 22.7 Å². The van der Waals surface area contributed by atoms with Gasteiger partial charge < -0.3 is 10.1 Å². The number of ether oxygens (including phenoxy) is 1. The van der Waals surface area contributed by atoms with E-state index in [-0.39, 0.29) is 11.9 Å². The van der Waals surface area contributed by atoms with Gasteiger partial charge in [-0.25, -0.2) is 4.79 Å². The van der Waals surface area contributed by atoms with Gasteiger partial charge >= 0.3 is 5.97 Å². The van der Waals surface area contributed by atoms with E-state index in [1.165, 1.54) is 11.3 Å². The Labute approximate surface area is 168 Å². The SMILES string of the molecule is CCOC(=O)c1c(NC(=O)c2ccc(SC)cc2)sc2c1CCN(CC)C2. The van der Waals surface area contributed by atoms with Gasteiger partial charge in [0.05, 0.1) is 12.2 Å². The third kappa shape index (κ3) is 4.36. The smallest absolute Gasteiger partial charge is 0.341 e. The molecule has 0 aliphatic carbocycles. The molecule has 0 unspecified atom stereocenters. The van der Waals surface area contributed by atoms with E-state index >= 15 is 0 Å². The van der Waals surface area contributed by atoms with Crippen LogP contribution >= 0.6 is 23.1 Å². The van der Waals surface area contributed by atoms with Gasteiger partial charge in [-0.15, -0.1) is 23.1 Å². The fraction of sp³-hybridized carbons (Fsp3) is 0.400. The van der Waals surface area contributed by atoms with E-state index in [0.717, 1.165) is 41.4 Å². The molecule has 0 radical (unpaired) electrons. The number of anilines is 1. The van der Waals surface area contributed by atoms with Gasteiger partial charge in [0, 0.05) is 28.4 Å². The summed E-state index contributed by atoms with van der Waals surface area (Å²) in [7, 11) is 0. The first-order chi connectivity index (χ1) is 13.1. The Morgan fingerprint density at radius 2 is 2.00 bits per heavy atom. The molecule has 144 valence electrons. The molecular weight excluding hydrogens is 380 g/mol. The minimum absolute atomic E-state index is 0.209. The highest BCUT2D eigenvalue weighted by molar-refractivity contribution is 7.98. The van der Waals surface area contributed by atoms with Crippen molar-refractivity contribution in [2.24, 2.45) is 0 Å². The van der Waals surface area contributed by atoms with Crippen LogP contribution < -0.4 is 5.32 Å². The predicted molar refractivity (Wildman–Crippen MR) is 111 cm³/mol. The normalized spacial score (nSPS) is 13.9. The minimum Gasteiger partial charge on any atom is -0.462 e. The molecule has 3 rings (SSSR count). The van der Waals surface area contributed by atoms with Crippen LogP contribution in [-0.4, -0.2) is 42.7 Å². The molecule has 27 heavy (non-hydrogen) atoms. The summed E-state index contributed by atoms with van der Waals surface area (Å²) in [6, 6.07) is 7.45. The lowest BCUT2D eigenvalue weighted by Crippen LogP contribution is -2.30. The van der Waals surface area contributed by atoms with Crippen LogP contribution in [0, 0.1) is 0 Å². The first-order valence-corrected chi connectivity index (χ1v) is 11.1. The number of nitrogens with one attached hydrogen (secondary N) is 1. The van der Waals surface area contributed by atoms with Gasteiger partial charge in [0.15, 0.2) is 0 Å². The number of hydrogen-bond acceptors (Lipinski definition) is 6. The summed E-state index contributed by atoms with van der Waals surface area (Å²) in [4.78, 5) is 29.8. The molecular formula is C20H24N2O3S2. The third-order valence-corrected chi connectivity index (χ3v) is 6.52. The molecule has 0 atom stereocenters. The summed E-state index contributed by atoms with van der Waals surface area (Å²) in [5, 5.41) is 3.54. The van der Waals surface area contributed by atoms with Crippen LogP contribution in [0.25, 0.3) is 0 Å². The lowest BCUT2D eigenvalue weighted by molar-refractivity contribution is 0.0526. The Morgan fingerprint density at radius 3 is 2.63 bits per heavy atom. The van der Waals surface area contributed by atoms with Gasteiger partial charge in [-0.2, -0.15) is 0 Å². The van der Waals surface area contributed by atoms with E-state index < -0.39 is 0 Å². The molecule has 0 saturated carbocycles. The number of esters is 1. The van der Waals surface area contributed by atoms with Crippen molar-refractivity contribution in [2.45, 2.75) is 31.7 Å². The average Bonchev–Trinajstić information content (AvgIpc) is 3.04. The summed E-state index contributed by atoms with van der Waals surface area (Å²) >= 11 is 3.12. The van der Waals surface area contributed by atoms with Crippen molar-refractivity contribution < 1.29 is 14.3 Å². The number of likely N-dealkylation sites (N-methyl/N-ethyl adjacent to an activating group) is 1. The zero-order valence-corrected chi connectivity index (χ0v) is 17.5. The quantitative estimate of drug-likeness (QED) is 0.575. The summed E-state index contributed by atoms with van der Waals surface area (Å²) in [5.41, 5.74) is 2.13. The fourth-order valence-corrected chi connectivity index (χ4v) is 4.83. The molecule has 2 heterocycles. The summed E-state index contributed by atoms with van der Waals surface area (Å²) in [5.74, 6) is -0.563. The van der Waals surface area contributed by atoms with Crippen molar-refractivity contribution in [3.63, 3.8) is 0 Å². The molecule has 5 nitrogen and oxygen atoms in total. The number of fused-ring (bicyclic) bond motifs is 1. The number of rotatable bonds is 6. The molecule has 1 aliphatic heterocycles. The molecule has 1 N–H and O–H groups in total. The Hall–Kier alpha value is -1.83. The molecule has 0 fully saturated rings. The molecule has 1 aromatic carbocycles. The number of nitrogens with zero attached hydrogens (tertiary/aromatic N) is 1. The van der Waals surface area contributed by atoms with Crippen molar-refractivity contribution in [3.05, 3.63) is 45.8 Å². The zero-order chi connectivity index (χ0) is 19.4. The van der Waals surface area contributed by atoms with Gasteiger partial charge in [0.2, 0.25) is 0 Å². The number of hydrogen-bond donors (Lipinski definition) is 1. The van der Waals surface area contributed by atoms with Crippen LogP contribution in [0.3, 0.4) is 0 Å². The van der Waals surface area contributed by atoms with E-state index in [1.807, 2.05) is 18.4 Å². The molecule has 0 spiro atoms. The fourth-order valence-electron chi connectivity index (χ4n) is 3.15. The molecule has 0 saturated heterocycles. The second kappa shape index (κ2) is 8.91. The number of amides is 1. The molecule has 7 heteroatoms. The van der Waals surface area contributed by atoms with Crippen LogP contribution in [0.15, 0.2) is 29.2 Å². The van der Waals surface area contributed by atoms with E-state index in [1.54, 1.807) is 30.8 Å². The average molecular weight is 405 g/mol. The van der Waals surface area contributed by atoms with Crippen molar-refractivity contribution in [3.8, 4) is 0 Å². The van der Waals surface area contributed by atoms with Gasteiger partial charge in [-0.1, -0.05) is 6.92 Å². The standard InChI is InChI=1S/C20H24N2O3S2/c1-4-22-11-10-15-16(12-22)27-19(17(15)20(24)25-5-2)21-18(23)13-6-8-14(26-3)9-7-13/h6-9H,4-5,10-12H2,1-3H3,(H,21,23). The minimum atomic E-state index is -0.354. The Morgan fingerprint density at radius 1 is 1.26 bits per heavy atom. The van der Waals surface area contributed by atoms with Gasteiger partial charge in [-0.05, 0) is 56.0 Å². The second-order valence-electron chi connectivity index (χ2n) is 6.23. The summed E-state index contributed by atoms with van der Waals surface area (Å²) in [6.07, 6.45) is 2.79. The first-order valence-electron chi connectivity index (χ1n) is 9.06. The maximum absolute atomic E-state index is 12.7. The van der Waals surface area contributed by atoms with E-state index in [9.17, 15) is 9.59 Å². The number of thiophene rings is 1. The number of carbonyl (C=O) groups excluding carboxylic acids is 2. The van der Waals surface area contributed by atoms with Crippen LogP contribution in [0.2, 0.25) is 0 Å². The lowest BCUT2D eigenvalue weighted by Gasteiger charge is -2.25. The van der Waals surface area contributed by atoms with E-state index in [2.05, 4.69) is 17.1 Å². The molecule has 2 aromatic rings. The number of benzene rings is 1. The summed E-state index contributed by atoms with van der Waals surface area (Å²) < 4.78 is 5.26. The van der Waals surface area contributed by atoms with Crippen molar-refractivity contribution in [1.82, 2.24) is 4.90 Å². The molecule has 0 bridgehead atoms. The van der Waals surface area contributed by atoms with Crippen LogP contribution in [0.1, 0.15) is 45.0 Å². The predicted octanol–water partition coefficient (Wildman–Crippen LogP) is 4.28. The first kappa shape index (κ1) is 19.9. The maximum Gasteiger partial charge on any atom is 0.341 e. The number of carbonyl (C=O) groups is 2. The topological polar surface area (TPSA) is 58.6 Å². The Balaban J connectivity index is 1.90. The zero-order valence-electron chi connectivity index (χ0n) is 15.8. The van der Waals surface area contributed by atoms with Crippen molar-refractivity contribution in [1.29, 1.82) is 0 Å². The van der Waals surface area contributed by atoms with Crippen LogP contribution in [-0.2, 0) is 17.7 Å². The second-order valence-corrected chi connectivity index (χ2v) is 8.21. The Bertz CT molecular complexity index is 830. The van der Waals surface area contributed by atoms with E-state index in [4.69, 9.17) is 4.74 Å². The molecule has 1 amide bonds. The van der Waals surface area contributed by atoms with Gasteiger partial charge in [-0.3, -0.25) is 9.69 Å². The summed E-state index contributed by atoms with van der Waals surface area (Å²) in [6.45, 7) is 6.92. The Kier molecular flexibility index (Phi) is 6.57. The highest BCUT2D eigenvalue weighted by Crippen LogP contribution is 2.38. The lowest BCUT2D eigenvalue weighted by atomic mass is 10.0. The van der Waals surface area contributed by atoms with Crippen molar-refractivity contribution in [2.75, 3.05) is 31.3 Å². The van der Waals surface area contributed by atoms with Crippen LogP contribution in [0.5, 0.6) is 0 Å². The molecule has 1 aromatic heterocycles. The monoisotopic (exact) mass is 404 g/mol. The highest BCUT2D eigenvalue weighted by atomic mass is 32.2. The van der Waals surface area contributed by atoms with Gasteiger partial charge in [0.25, 0.3) is 5.91 Å². The number of thioether (sulfide) groups is 1. The van der Waals surface area contributed by atoms with Gasteiger partial charge in [0.1, 0.15) is 5.00 Å². The molecule has 1 aliphatic rings. The van der Waals surface area contributed by atoms with Crippen molar-refractivity contribution >= 4 is 40.0 Å². The largest absolute Gasteiger partial charge is 0.462 e.